The number of hydrogen-bond donors (Lipinski definition) is 1. The minimum Gasteiger partial charge on any atom is -0.468 e. The van der Waals surface area contributed by atoms with Gasteiger partial charge in [0.1, 0.15) is 18.8 Å². The minimum atomic E-state index is -0.0669. The van der Waals surface area contributed by atoms with Gasteiger partial charge in [0.2, 0.25) is 0 Å². The molecule has 0 aromatic heterocycles. The van der Waals surface area contributed by atoms with Crippen molar-refractivity contribution in [2.24, 2.45) is 5.92 Å². The molecule has 126 valence electrons. The fourth-order valence-electron chi connectivity index (χ4n) is 4.44. The standard InChI is InChI=1S/C16H28ClN3O2/c1-19-10-18-13-7-14(16(21)22-2)20(9-15(13)19)8-11-3-5-12(17)6-4-11/h11-15,18H,3-10H2,1-2H3/p+1. The van der Waals surface area contributed by atoms with E-state index < -0.39 is 0 Å². The van der Waals surface area contributed by atoms with Gasteiger partial charge < -0.3 is 10.1 Å². The van der Waals surface area contributed by atoms with Gasteiger partial charge in [-0.3, -0.25) is 9.69 Å². The highest BCUT2D eigenvalue weighted by Gasteiger charge is 2.46. The Hall–Kier alpha value is -0.360. The van der Waals surface area contributed by atoms with Gasteiger partial charge in [0.05, 0.1) is 13.2 Å². The quantitative estimate of drug-likeness (QED) is 0.595. The number of fused-ring (bicyclic) bond motifs is 1. The van der Waals surface area contributed by atoms with Crippen molar-refractivity contribution in [2.45, 2.75) is 55.6 Å². The van der Waals surface area contributed by atoms with Crippen LogP contribution in [0.4, 0.5) is 0 Å². The van der Waals surface area contributed by atoms with Crippen LogP contribution in [0.3, 0.4) is 0 Å². The van der Waals surface area contributed by atoms with Crippen LogP contribution in [-0.4, -0.2) is 73.2 Å². The molecule has 5 nitrogen and oxygen atoms in total. The maximum Gasteiger partial charge on any atom is 0.323 e. The van der Waals surface area contributed by atoms with Gasteiger partial charge in [0, 0.05) is 24.9 Å². The molecule has 3 fully saturated rings. The average Bonchev–Trinajstić information content (AvgIpc) is 2.89. The molecule has 1 saturated carbocycles. The molecule has 6 heteroatoms. The fourth-order valence-corrected chi connectivity index (χ4v) is 4.69. The van der Waals surface area contributed by atoms with Crippen LogP contribution in [-0.2, 0) is 9.53 Å². The Morgan fingerprint density at radius 3 is 2.73 bits per heavy atom. The number of nitrogens with two attached hydrogens (primary N) is 1. The van der Waals surface area contributed by atoms with Crippen LogP contribution in [0.5, 0.6) is 0 Å². The smallest absolute Gasteiger partial charge is 0.323 e. The van der Waals surface area contributed by atoms with Gasteiger partial charge in [0.25, 0.3) is 0 Å². The van der Waals surface area contributed by atoms with Crippen LogP contribution in [0.15, 0.2) is 0 Å². The third-order valence-electron chi connectivity index (χ3n) is 5.86. The minimum absolute atomic E-state index is 0.0626. The van der Waals surface area contributed by atoms with Crippen molar-refractivity contribution < 1.29 is 14.8 Å². The Kier molecular flexibility index (Phi) is 5.28. The Morgan fingerprint density at radius 2 is 2.05 bits per heavy atom. The van der Waals surface area contributed by atoms with Gasteiger partial charge >= 0.3 is 5.97 Å². The van der Waals surface area contributed by atoms with Gasteiger partial charge in [-0.25, -0.2) is 4.90 Å². The molecular weight excluding hydrogens is 302 g/mol. The zero-order valence-corrected chi connectivity index (χ0v) is 14.5. The van der Waals surface area contributed by atoms with Crippen LogP contribution in [0.2, 0.25) is 0 Å². The highest BCUT2D eigenvalue weighted by molar-refractivity contribution is 6.20. The second kappa shape index (κ2) is 7.04. The Labute approximate surface area is 138 Å². The lowest BCUT2D eigenvalue weighted by atomic mass is 9.86. The first-order valence-electron chi connectivity index (χ1n) is 8.58. The molecule has 0 bridgehead atoms. The summed E-state index contributed by atoms with van der Waals surface area (Å²) in [5.74, 6) is 0.613. The van der Waals surface area contributed by atoms with E-state index in [1.807, 2.05) is 0 Å². The van der Waals surface area contributed by atoms with E-state index >= 15 is 0 Å². The molecule has 22 heavy (non-hydrogen) atoms. The number of rotatable bonds is 3. The third kappa shape index (κ3) is 3.42. The predicted molar refractivity (Wildman–Crippen MR) is 85.7 cm³/mol. The van der Waals surface area contributed by atoms with E-state index in [9.17, 15) is 4.79 Å². The number of likely N-dealkylation sites (tertiary alicyclic amines) is 1. The van der Waals surface area contributed by atoms with Crippen LogP contribution >= 0.6 is 11.6 Å². The van der Waals surface area contributed by atoms with Crippen molar-refractivity contribution in [3.8, 4) is 0 Å². The van der Waals surface area contributed by atoms with Gasteiger partial charge in [-0.05, 0) is 38.6 Å². The number of hydrogen-bond acceptors (Lipinski definition) is 4. The first-order valence-corrected chi connectivity index (χ1v) is 9.01. The summed E-state index contributed by atoms with van der Waals surface area (Å²) in [6, 6.07) is 1.02. The second-order valence-corrected chi connectivity index (χ2v) is 7.87. The van der Waals surface area contributed by atoms with Crippen LogP contribution < -0.4 is 5.32 Å². The number of alkyl halides is 1. The van der Waals surface area contributed by atoms with E-state index in [2.05, 4.69) is 22.2 Å². The van der Waals surface area contributed by atoms with Crippen molar-refractivity contribution in [3.63, 3.8) is 0 Å². The van der Waals surface area contributed by atoms with E-state index in [1.165, 1.54) is 20.0 Å². The number of ether oxygens (including phenoxy) is 1. The number of likely N-dealkylation sites (N-methyl/N-ethyl adjacent to an activating group) is 1. The molecule has 2 saturated heterocycles. The lowest BCUT2D eigenvalue weighted by Crippen LogP contribution is -2.89. The molecule has 0 aromatic carbocycles. The van der Waals surface area contributed by atoms with Gasteiger partial charge in [0.15, 0.2) is 0 Å². The maximum atomic E-state index is 12.2. The largest absolute Gasteiger partial charge is 0.468 e. The Morgan fingerprint density at radius 1 is 1.32 bits per heavy atom. The molecule has 3 atom stereocenters. The summed E-state index contributed by atoms with van der Waals surface area (Å²) in [4.78, 5) is 17.0. The number of piperidine rings is 1. The lowest BCUT2D eigenvalue weighted by Gasteiger charge is -2.41. The van der Waals surface area contributed by atoms with E-state index in [0.29, 0.717) is 23.4 Å². The summed E-state index contributed by atoms with van der Waals surface area (Å²) >= 11 is 6.22. The summed E-state index contributed by atoms with van der Waals surface area (Å²) in [5, 5.41) is 2.73. The summed E-state index contributed by atoms with van der Waals surface area (Å²) < 4.78 is 5.07. The van der Waals surface area contributed by atoms with Gasteiger partial charge in [-0.15, -0.1) is 11.6 Å². The fraction of sp³-hybridized carbons (Fsp3) is 0.938. The highest BCUT2D eigenvalue weighted by Crippen LogP contribution is 2.30. The molecule has 0 aromatic rings. The molecule has 0 radical (unpaired) electrons. The second-order valence-electron chi connectivity index (χ2n) is 7.25. The number of quaternary nitrogens is 1. The molecule has 3 rings (SSSR count). The van der Waals surface area contributed by atoms with Crippen molar-refractivity contribution in [1.29, 1.82) is 0 Å². The molecule has 0 amide bonds. The van der Waals surface area contributed by atoms with E-state index in [1.54, 1.807) is 0 Å². The first kappa shape index (κ1) is 16.5. The molecule has 2 N–H and O–H groups in total. The number of halogens is 1. The lowest BCUT2D eigenvalue weighted by molar-refractivity contribution is -0.678. The molecule has 2 heterocycles. The average molecular weight is 331 g/mol. The van der Waals surface area contributed by atoms with Crippen LogP contribution in [0.25, 0.3) is 0 Å². The SMILES string of the molecule is COC(=O)C1CC2[NH2+]CN(C)C2CN1CC1CCC(Cl)CC1. The molecule has 2 aliphatic heterocycles. The summed E-state index contributed by atoms with van der Waals surface area (Å²) in [5.41, 5.74) is 0. The van der Waals surface area contributed by atoms with Crippen molar-refractivity contribution in [2.75, 3.05) is 33.9 Å². The molecule has 3 unspecified atom stereocenters. The molecular formula is C16H29ClN3O2+. The zero-order chi connectivity index (χ0) is 15.7. The number of methoxy groups -OCH3 is 1. The van der Waals surface area contributed by atoms with Crippen molar-refractivity contribution in [3.05, 3.63) is 0 Å². The molecule has 3 aliphatic rings. The van der Waals surface area contributed by atoms with Gasteiger partial charge in [-0.2, -0.15) is 0 Å². The summed E-state index contributed by atoms with van der Waals surface area (Å²) in [6.07, 6.45) is 5.52. The first-order chi connectivity index (χ1) is 10.6. The Balaban J connectivity index is 1.66. The maximum absolute atomic E-state index is 12.2. The number of esters is 1. The number of nitrogens with zero attached hydrogens (tertiary/aromatic N) is 2. The van der Waals surface area contributed by atoms with Crippen LogP contribution in [0.1, 0.15) is 32.1 Å². The van der Waals surface area contributed by atoms with Gasteiger partial charge in [-0.1, -0.05) is 0 Å². The topological polar surface area (TPSA) is 49.4 Å². The third-order valence-corrected chi connectivity index (χ3v) is 6.29. The number of carbonyl (C=O) groups excluding carboxylic acids is 1. The predicted octanol–water partition coefficient (Wildman–Crippen LogP) is 0.235. The molecule has 1 aliphatic carbocycles. The molecule has 0 spiro atoms. The zero-order valence-electron chi connectivity index (χ0n) is 13.7. The van der Waals surface area contributed by atoms with E-state index in [0.717, 1.165) is 39.0 Å². The normalized spacial score (nSPS) is 40.4. The van der Waals surface area contributed by atoms with E-state index in [-0.39, 0.29) is 12.0 Å². The highest BCUT2D eigenvalue weighted by atomic mass is 35.5. The van der Waals surface area contributed by atoms with Crippen LogP contribution in [0, 0.1) is 5.92 Å². The monoisotopic (exact) mass is 330 g/mol. The summed E-state index contributed by atoms with van der Waals surface area (Å²) in [7, 11) is 3.70. The summed E-state index contributed by atoms with van der Waals surface area (Å²) in [6.45, 7) is 3.03. The Bertz CT molecular complexity index is 401. The van der Waals surface area contributed by atoms with Crippen molar-refractivity contribution >= 4 is 17.6 Å². The van der Waals surface area contributed by atoms with E-state index in [4.69, 9.17) is 16.3 Å². The number of carbonyl (C=O) groups is 1. The van der Waals surface area contributed by atoms with Crippen molar-refractivity contribution in [1.82, 2.24) is 9.80 Å².